The summed E-state index contributed by atoms with van der Waals surface area (Å²) in [6.07, 6.45) is 4.75. The minimum absolute atomic E-state index is 0. The van der Waals surface area contributed by atoms with Crippen LogP contribution in [0.5, 0.6) is 0 Å². The number of halogens is 2. The Morgan fingerprint density at radius 1 is 0.704 bits per heavy atom. The van der Waals surface area contributed by atoms with Crippen molar-refractivity contribution in [3.8, 4) is 0 Å². The van der Waals surface area contributed by atoms with Gasteiger partial charge in [-0.1, -0.05) is 42.5 Å². The molecule has 0 radical (unpaired) electrons. The lowest BCUT2D eigenvalue weighted by Crippen LogP contribution is -2.43. The Hall–Kier alpha value is -2.88. The third kappa shape index (κ3) is 17.7. The second kappa shape index (κ2) is 23.2. The summed E-state index contributed by atoms with van der Waals surface area (Å²) in [6.45, 7) is 15.8. The Morgan fingerprint density at radius 3 is 1.56 bits per heavy atom. The number of carbonyl (C=O) groups is 2. The van der Waals surface area contributed by atoms with Crippen LogP contribution in [-0.4, -0.2) is 89.2 Å². The molecule has 3 heterocycles. The number of ether oxygens (including phenoxy) is 2. The third-order valence-electron chi connectivity index (χ3n) is 9.09. The van der Waals surface area contributed by atoms with Crippen molar-refractivity contribution in [3.63, 3.8) is 0 Å². The molecule has 0 saturated carbocycles. The van der Waals surface area contributed by atoms with Gasteiger partial charge in [0.1, 0.15) is 11.2 Å². The van der Waals surface area contributed by atoms with E-state index in [1.54, 1.807) is 21.6 Å². The fourth-order valence-electron chi connectivity index (χ4n) is 6.09. The largest absolute Gasteiger partial charge is 0.444 e. The summed E-state index contributed by atoms with van der Waals surface area (Å²) in [7, 11) is 0. The molecule has 0 aliphatic carbocycles. The summed E-state index contributed by atoms with van der Waals surface area (Å²) in [5.41, 5.74) is 11.1. The minimum Gasteiger partial charge on any atom is -0.444 e. The molecule has 54 heavy (non-hydrogen) atoms. The lowest BCUT2D eigenvalue weighted by Gasteiger charge is -2.33. The van der Waals surface area contributed by atoms with Gasteiger partial charge in [-0.3, -0.25) is 16.2 Å². The molecule has 8 N–H and O–H groups in total. The molecule has 3 fully saturated rings. The molecule has 0 bridgehead atoms. The zero-order valence-electron chi connectivity index (χ0n) is 32.9. The van der Waals surface area contributed by atoms with Crippen LogP contribution in [0.4, 0.5) is 9.59 Å². The number of thioether (sulfide) groups is 1. The van der Waals surface area contributed by atoms with Gasteiger partial charge in [0.2, 0.25) is 0 Å². The second-order valence-corrected chi connectivity index (χ2v) is 16.8. The molecule has 0 aromatic heterocycles. The number of amides is 2. The van der Waals surface area contributed by atoms with Crippen LogP contribution in [0.2, 0.25) is 0 Å². The van der Waals surface area contributed by atoms with E-state index < -0.39 is 11.2 Å². The predicted octanol–water partition coefficient (Wildman–Crippen LogP) is 8.34. The van der Waals surface area contributed by atoms with Crippen LogP contribution in [0, 0.1) is 34.0 Å². The van der Waals surface area contributed by atoms with Crippen LogP contribution < -0.4 is 16.8 Å². The summed E-state index contributed by atoms with van der Waals surface area (Å²) in [4.78, 5) is 27.3. The van der Waals surface area contributed by atoms with Crippen molar-refractivity contribution in [1.29, 1.82) is 16.2 Å². The van der Waals surface area contributed by atoms with Crippen molar-refractivity contribution in [3.05, 3.63) is 48.0 Å². The molecule has 12 nitrogen and oxygen atoms in total. The van der Waals surface area contributed by atoms with E-state index in [2.05, 4.69) is 47.8 Å². The highest BCUT2D eigenvalue weighted by atomic mass is 79.9. The lowest BCUT2D eigenvalue weighted by molar-refractivity contribution is 0.0191. The fraction of sp³-hybridized carbons (Fsp3) is 0.615. The number of piperidine rings is 3. The molecule has 3 aliphatic rings. The van der Waals surface area contributed by atoms with Crippen LogP contribution in [0.25, 0.3) is 10.8 Å². The van der Waals surface area contributed by atoms with Gasteiger partial charge in [-0.2, -0.15) is 0 Å². The van der Waals surface area contributed by atoms with Crippen molar-refractivity contribution in [2.24, 2.45) is 29.2 Å². The first-order chi connectivity index (χ1) is 24.4. The molecule has 0 spiro atoms. The van der Waals surface area contributed by atoms with Gasteiger partial charge in [0.25, 0.3) is 0 Å². The van der Waals surface area contributed by atoms with E-state index in [9.17, 15) is 9.59 Å². The predicted molar refractivity (Wildman–Crippen MR) is 234 cm³/mol. The summed E-state index contributed by atoms with van der Waals surface area (Å²) in [5, 5.41) is 29.4. The highest BCUT2D eigenvalue weighted by Crippen LogP contribution is 2.28. The van der Waals surface area contributed by atoms with E-state index in [0.29, 0.717) is 37.9 Å². The quantitative estimate of drug-likeness (QED) is 0.127. The zero-order chi connectivity index (χ0) is 38.5. The average Bonchev–Trinajstić information content (AvgIpc) is 3.10. The zero-order valence-corrected chi connectivity index (χ0v) is 37.1. The monoisotopic (exact) mass is 898 g/mol. The maximum atomic E-state index is 12.2. The first-order valence-corrected chi connectivity index (χ1v) is 19.4. The van der Waals surface area contributed by atoms with Crippen LogP contribution >= 0.6 is 45.7 Å². The highest BCUT2D eigenvalue weighted by Gasteiger charge is 2.29. The van der Waals surface area contributed by atoms with E-state index in [1.165, 1.54) is 16.3 Å². The Balaban J connectivity index is 0.000000458. The molecule has 304 valence electrons. The molecule has 3 aliphatic heterocycles. The standard InChI is InChI=1S/C22H28N2O2S.C11H21N3O2.C6H13N3.2BrH/c1-22(2,3)26-21(25)24-12-10-18(11-13-24)20(23)27-15-16-8-9-17-6-4-5-7-19(17)14-16;1-11(2,3)16-10(15)14-6-4-8(5-7-14)9(12)13;7-6(8)5-1-3-9-4-2-5;;/h4-9,14,18,23H,10-13,15H2,1-3H3;8H,4-7H2,1-3H3,(H3,12,13);5,9H,1-4H2,(H3,7,8);2*1H. The fourth-order valence-corrected chi connectivity index (χ4v) is 7.06. The number of nitrogens with one attached hydrogen (secondary N) is 4. The molecular formula is C39H64Br2N8O4S. The van der Waals surface area contributed by atoms with Gasteiger partial charge in [-0.25, -0.2) is 9.59 Å². The summed E-state index contributed by atoms with van der Waals surface area (Å²) >= 11 is 1.61. The molecule has 3 saturated heterocycles. The molecule has 0 atom stereocenters. The van der Waals surface area contributed by atoms with Gasteiger partial charge in [0.15, 0.2) is 0 Å². The van der Waals surface area contributed by atoms with Crippen molar-refractivity contribution < 1.29 is 19.1 Å². The first kappa shape index (κ1) is 49.1. The van der Waals surface area contributed by atoms with Crippen molar-refractivity contribution in [2.45, 2.75) is 97.0 Å². The molecule has 15 heteroatoms. The lowest BCUT2D eigenvalue weighted by atomic mass is 9.96. The minimum atomic E-state index is -0.462. The Kier molecular flexibility index (Phi) is 21.2. The number of carbonyl (C=O) groups excluding carboxylic acids is 2. The average molecular weight is 901 g/mol. The van der Waals surface area contributed by atoms with Crippen LogP contribution in [0.3, 0.4) is 0 Å². The second-order valence-electron chi connectivity index (χ2n) is 15.8. The number of hydrogen-bond acceptors (Lipinski definition) is 9. The number of amidine groups is 2. The maximum absolute atomic E-state index is 12.2. The van der Waals surface area contributed by atoms with Gasteiger partial charge < -0.3 is 36.1 Å². The number of likely N-dealkylation sites (tertiary alicyclic amines) is 2. The van der Waals surface area contributed by atoms with E-state index in [1.807, 2.05) is 41.5 Å². The van der Waals surface area contributed by atoms with Gasteiger partial charge in [0.05, 0.1) is 16.7 Å². The number of hydrogen-bond donors (Lipinski definition) is 6. The van der Waals surface area contributed by atoms with Crippen molar-refractivity contribution in [2.75, 3.05) is 39.3 Å². The van der Waals surface area contributed by atoms with E-state index in [-0.39, 0.29) is 63.8 Å². The molecule has 2 amide bonds. The van der Waals surface area contributed by atoms with E-state index in [0.717, 1.165) is 62.4 Å². The van der Waals surface area contributed by atoms with E-state index >= 15 is 0 Å². The van der Waals surface area contributed by atoms with Crippen molar-refractivity contribution in [1.82, 2.24) is 15.1 Å². The van der Waals surface area contributed by atoms with E-state index in [4.69, 9.17) is 37.2 Å². The number of rotatable bonds is 5. The molecular weight excluding hydrogens is 836 g/mol. The smallest absolute Gasteiger partial charge is 0.410 e. The molecule has 2 aromatic rings. The number of nitrogens with zero attached hydrogens (tertiary/aromatic N) is 2. The summed E-state index contributed by atoms with van der Waals surface area (Å²) in [5.74, 6) is 2.12. The normalized spacial score (nSPS) is 16.9. The Bertz CT molecular complexity index is 1510. The van der Waals surface area contributed by atoms with Crippen LogP contribution in [0.15, 0.2) is 42.5 Å². The third-order valence-corrected chi connectivity index (χ3v) is 10.2. The van der Waals surface area contributed by atoms with Gasteiger partial charge in [-0.05, 0) is 109 Å². The number of benzene rings is 2. The maximum Gasteiger partial charge on any atom is 0.410 e. The molecule has 5 rings (SSSR count). The van der Waals surface area contributed by atoms with Crippen LogP contribution in [-0.2, 0) is 15.2 Å². The molecule has 2 aromatic carbocycles. The van der Waals surface area contributed by atoms with Crippen molar-refractivity contribution >= 4 is 85.4 Å². The van der Waals surface area contributed by atoms with Gasteiger partial charge in [-0.15, -0.1) is 45.7 Å². The van der Waals surface area contributed by atoms with Gasteiger partial charge >= 0.3 is 12.2 Å². The highest BCUT2D eigenvalue weighted by molar-refractivity contribution is 8.93. The Morgan fingerprint density at radius 2 is 1.13 bits per heavy atom. The summed E-state index contributed by atoms with van der Waals surface area (Å²) < 4.78 is 10.7. The number of nitrogens with two attached hydrogens (primary N) is 2. The summed E-state index contributed by atoms with van der Waals surface area (Å²) in [6, 6.07) is 14.9. The van der Waals surface area contributed by atoms with Crippen LogP contribution in [0.1, 0.15) is 85.6 Å². The topological polar surface area (TPSA) is 195 Å². The Labute approximate surface area is 347 Å². The SMILES string of the molecule is Br.Br.CC(C)(C)OC(=O)N1CCC(C(=N)N)CC1.CC(C)(C)OC(=O)N1CCC(C(=N)SCc2ccc3ccccc3c2)CC1.N=C(N)C1CCNCC1. The molecule has 0 unspecified atom stereocenters. The van der Waals surface area contributed by atoms with Gasteiger partial charge in [0, 0.05) is 49.7 Å². The first-order valence-electron chi connectivity index (χ1n) is 18.4. The number of fused-ring (bicyclic) bond motifs is 1.